The van der Waals surface area contributed by atoms with Crippen LogP contribution in [0.4, 0.5) is 0 Å². The third kappa shape index (κ3) is 9.01. The van der Waals surface area contributed by atoms with Crippen LogP contribution in [0, 0.1) is 5.92 Å². The van der Waals surface area contributed by atoms with Crippen molar-refractivity contribution in [3.8, 4) is 0 Å². The van der Waals surface area contributed by atoms with Gasteiger partial charge in [0, 0.05) is 18.0 Å². The zero-order chi connectivity index (χ0) is 38.1. The maximum atomic E-state index is 12.4. The van der Waals surface area contributed by atoms with E-state index in [4.69, 9.17) is 38.4 Å². The van der Waals surface area contributed by atoms with Crippen LogP contribution in [0.15, 0.2) is 131 Å². The molecule has 0 amide bonds. The average Bonchev–Trinajstić information content (AvgIpc) is 3.58. The molecule has 0 bridgehead atoms. The Kier molecular flexibility index (Phi) is 12.7. The molecule has 1 saturated heterocycles. The molecule has 1 N–H and O–H groups in total. The van der Waals surface area contributed by atoms with Crippen LogP contribution in [0.1, 0.15) is 42.3 Å². The molecule has 2 aliphatic rings. The highest BCUT2D eigenvalue weighted by molar-refractivity contribution is 5.95. The van der Waals surface area contributed by atoms with Gasteiger partial charge in [-0.25, -0.2) is 9.98 Å². The summed E-state index contributed by atoms with van der Waals surface area (Å²) >= 11 is 0. The van der Waals surface area contributed by atoms with Crippen LogP contribution in [0.2, 0.25) is 0 Å². The lowest BCUT2D eigenvalue weighted by Crippen LogP contribution is -2.58. The van der Waals surface area contributed by atoms with Crippen molar-refractivity contribution in [3.63, 3.8) is 0 Å². The summed E-state index contributed by atoms with van der Waals surface area (Å²) in [5.41, 5.74) is 4.95. The molecule has 0 spiro atoms. The fourth-order valence-corrected chi connectivity index (χ4v) is 7.42. The Morgan fingerprint density at radius 2 is 1.25 bits per heavy atom. The summed E-state index contributed by atoms with van der Waals surface area (Å²) in [7, 11) is 3.28. The van der Waals surface area contributed by atoms with Gasteiger partial charge in [0.2, 0.25) is 11.8 Å². The average molecular weight is 746 g/mol. The summed E-state index contributed by atoms with van der Waals surface area (Å²) in [5, 5.41) is 13.4. The van der Waals surface area contributed by atoms with E-state index < -0.39 is 30.6 Å². The van der Waals surface area contributed by atoms with Crippen molar-refractivity contribution in [2.75, 3.05) is 20.8 Å². The van der Waals surface area contributed by atoms with Crippen molar-refractivity contribution in [2.24, 2.45) is 15.9 Å². The second-order valence-electron chi connectivity index (χ2n) is 14.4. The lowest BCUT2D eigenvalue weighted by Gasteiger charge is -2.45. The molecule has 10 nitrogen and oxygen atoms in total. The number of rotatable bonds is 14. The van der Waals surface area contributed by atoms with E-state index in [1.54, 1.807) is 14.2 Å². The standard InChI is InChI=1S/C45H51N3O7/c1-30(2)39-44(51-4)46-36(43(47-39)50-3)24-34-25-48(37-23-15-14-22-35(34)37)45-40(49)42(54-28-33-20-12-7-13-21-33)41(53-27-32-18-10-6-11-19-32)38(55-45)29-52-26-31-16-8-5-9-17-31/h5-23,25,30,36,38-42,45,49H,24,26-29H2,1-4H3/t36-,38+,39+,40-,41+,42+,45-/m0/s1. The number of nitrogens with zero attached hydrogens (tertiary/aromatic N) is 3. The zero-order valence-electron chi connectivity index (χ0n) is 31.9. The summed E-state index contributed by atoms with van der Waals surface area (Å²) < 4.78 is 40.1. The van der Waals surface area contributed by atoms with Crippen molar-refractivity contribution >= 4 is 22.7 Å². The van der Waals surface area contributed by atoms with E-state index in [1.807, 2.05) is 120 Å². The molecule has 55 heavy (non-hydrogen) atoms. The number of aliphatic hydroxyl groups excluding tert-OH is 1. The van der Waals surface area contributed by atoms with Crippen molar-refractivity contribution in [3.05, 3.63) is 144 Å². The second kappa shape index (κ2) is 18.2. The predicted molar refractivity (Wildman–Crippen MR) is 213 cm³/mol. The number of aliphatic hydroxyl groups is 1. The Balaban J connectivity index is 1.23. The van der Waals surface area contributed by atoms with Gasteiger partial charge in [0.15, 0.2) is 6.23 Å². The van der Waals surface area contributed by atoms with Gasteiger partial charge in [0.25, 0.3) is 0 Å². The van der Waals surface area contributed by atoms with Gasteiger partial charge in [0.05, 0.1) is 46.2 Å². The number of aromatic nitrogens is 1. The molecule has 0 radical (unpaired) electrons. The van der Waals surface area contributed by atoms with Gasteiger partial charge >= 0.3 is 0 Å². The van der Waals surface area contributed by atoms with Gasteiger partial charge < -0.3 is 38.1 Å². The number of benzene rings is 4. The molecule has 7 rings (SSSR count). The lowest BCUT2D eigenvalue weighted by molar-refractivity contribution is -0.278. The Morgan fingerprint density at radius 3 is 1.85 bits per heavy atom. The monoisotopic (exact) mass is 745 g/mol. The molecule has 7 atom stereocenters. The highest BCUT2D eigenvalue weighted by Crippen LogP contribution is 2.37. The van der Waals surface area contributed by atoms with Crippen LogP contribution in [0.3, 0.4) is 0 Å². The molecule has 5 aromatic rings. The first kappa shape index (κ1) is 38.4. The highest BCUT2D eigenvalue weighted by Gasteiger charge is 2.48. The van der Waals surface area contributed by atoms with E-state index in [0.717, 1.165) is 33.2 Å². The van der Waals surface area contributed by atoms with Gasteiger partial charge in [0.1, 0.15) is 36.5 Å². The zero-order valence-corrected chi connectivity index (χ0v) is 31.9. The third-order valence-electron chi connectivity index (χ3n) is 10.2. The number of para-hydroxylation sites is 1. The van der Waals surface area contributed by atoms with Crippen LogP contribution in [0.5, 0.6) is 0 Å². The minimum atomic E-state index is -1.10. The summed E-state index contributed by atoms with van der Waals surface area (Å²) in [5.74, 6) is 1.35. The number of hydrogen-bond acceptors (Lipinski definition) is 9. The summed E-state index contributed by atoms with van der Waals surface area (Å²) in [6.45, 7) is 5.40. The van der Waals surface area contributed by atoms with Crippen molar-refractivity contribution in [2.45, 2.75) is 82.8 Å². The first-order valence-electron chi connectivity index (χ1n) is 19.0. The van der Waals surface area contributed by atoms with Gasteiger partial charge in [-0.3, -0.25) is 0 Å². The van der Waals surface area contributed by atoms with Crippen LogP contribution >= 0.6 is 0 Å². The van der Waals surface area contributed by atoms with Crippen LogP contribution in [-0.4, -0.2) is 78.8 Å². The quantitative estimate of drug-likeness (QED) is 0.127. The number of ether oxygens (including phenoxy) is 6. The Morgan fingerprint density at radius 1 is 0.691 bits per heavy atom. The van der Waals surface area contributed by atoms with E-state index >= 15 is 0 Å². The van der Waals surface area contributed by atoms with Crippen molar-refractivity contribution in [1.29, 1.82) is 0 Å². The van der Waals surface area contributed by atoms with Crippen molar-refractivity contribution in [1.82, 2.24) is 4.57 Å². The SMILES string of the molecule is COC1=N[C@H](C(C)C)C(OC)=N[C@H]1Cc1cn([C@H]2O[C@H](COCc3ccccc3)[C@@H](OCc3ccccc3)[C@H](OCc3ccccc3)[C@@H]2O)c2ccccc12. The Bertz CT molecular complexity index is 2020. The Hall–Kier alpha value is -4.84. The molecule has 2 aliphatic heterocycles. The number of hydrogen-bond donors (Lipinski definition) is 1. The molecule has 10 heteroatoms. The third-order valence-corrected chi connectivity index (χ3v) is 10.2. The molecule has 0 unspecified atom stereocenters. The molecular formula is C45H51N3O7. The van der Waals surface area contributed by atoms with E-state index in [1.165, 1.54) is 0 Å². The van der Waals surface area contributed by atoms with Crippen LogP contribution in [0.25, 0.3) is 10.9 Å². The normalized spacial score (nSPS) is 24.1. The molecule has 1 aromatic heterocycles. The van der Waals surface area contributed by atoms with Crippen LogP contribution < -0.4 is 0 Å². The number of fused-ring (bicyclic) bond motifs is 1. The molecular weight excluding hydrogens is 695 g/mol. The molecule has 0 saturated carbocycles. The second-order valence-corrected chi connectivity index (χ2v) is 14.4. The maximum Gasteiger partial charge on any atom is 0.209 e. The van der Waals surface area contributed by atoms with E-state index in [-0.39, 0.29) is 31.2 Å². The van der Waals surface area contributed by atoms with E-state index in [9.17, 15) is 5.11 Å². The summed E-state index contributed by atoms with van der Waals surface area (Å²) in [4.78, 5) is 9.89. The molecule has 288 valence electrons. The summed E-state index contributed by atoms with van der Waals surface area (Å²) in [6, 6.07) is 37.5. The van der Waals surface area contributed by atoms with Crippen LogP contribution in [-0.2, 0) is 54.7 Å². The molecule has 4 aromatic carbocycles. The minimum Gasteiger partial charge on any atom is -0.483 e. The topological polar surface area (TPSA) is 105 Å². The lowest BCUT2D eigenvalue weighted by atomic mass is 9.97. The molecule has 0 aliphatic carbocycles. The van der Waals surface area contributed by atoms with E-state index in [2.05, 4.69) is 19.9 Å². The maximum absolute atomic E-state index is 12.4. The van der Waals surface area contributed by atoms with Gasteiger partial charge in [-0.1, -0.05) is 123 Å². The first-order valence-corrected chi connectivity index (χ1v) is 19.0. The first-order chi connectivity index (χ1) is 26.9. The fraction of sp³-hybridized carbons (Fsp3) is 0.378. The highest BCUT2D eigenvalue weighted by atomic mass is 16.6. The van der Waals surface area contributed by atoms with Gasteiger partial charge in [-0.15, -0.1) is 0 Å². The number of aliphatic imine (C=N–C) groups is 2. The summed E-state index contributed by atoms with van der Waals surface area (Å²) in [6.07, 6.45) is -1.37. The smallest absolute Gasteiger partial charge is 0.209 e. The predicted octanol–water partition coefficient (Wildman–Crippen LogP) is 7.33. The molecule has 1 fully saturated rings. The Labute approximate surface area is 323 Å². The van der Waals surface area contributed by atoms with E-state index in [0.29, 0.717) is 31.4 Å². The fourth-order valence-electron chi connectivity index (χ4n) is 7.42. The number of methoxy groups -OCH3 is 2. The van der Waals surface area contributed by atoms with Crippen molar-refractivity contribution < 1.29 is 33.5 Å². The van der Waals surface area contributed by atoms with Gasteiger partial charge in [-0.05, 0) is 34.2 Å². The molecule has 3 heterocycles. The minimum absolute atomic E-state index is 0.193. The largest absolute Gasteiger partial charge is 0.483 e. The van der Waals surface area contributed by atoms with Gasteiger partial charge in [-0.2, -0.15) is 0 Å².